The van der Waals surface area contributed by atoms with Crippen LogP contribution in [0, 0.1) is 12.8 Å². The molecule has 4 rings (SSSR count). The predicted molar refractivity (Wildman–Crippen MR) is 138 cm³/mol. The van der Waals surface area contributed by atoms with Gasteiger partial charge in [-0.05, 0) is 48.2 Å². The molecule has 2 atom stereocenters. The molecule has 0 spiro atoms. The number of amides is 3. The molecule has 7 heteroatoms. The molecule has 0 aromatic heterocycles. The second-order valence-corrected chi connectivity index (χ2v) is 9.45. The van der Waals surface area contributed by atoms with Crippen LogP contribution in [0.5, 0.6) is 0 Å². The van der Waals surface area contributed by atoms with E-state index in [2.05, 4.69) is 10.6 Å². The van der Waals surface area contributed by atoms with Crippen LogP contribution in [0.25, 0.3) is 0 Å². The highest BCUT2D eigenvalue weighted by Crippen LogP contribution is 2.35. The Morgan fingerprint density at radius 1 is 0.972 bits per heavy atom. The SMILES string of the molecule is Cc1cccc(C(=O)Nc2cccc([C@H]3OC(=O)N(Cc4ccccc4)[C@H]3C(=O)NCC(C)C)c2)c1. The molecule has 1 aliphatic heterocycles. The van der Waals surface area contributed by atoms with Crippen LogP contribution >= 0.6 is 0 Å². The largest absolute Gasteiger partial charge is 0.438 e. The highest BCUT2D eigenvalue weighted by molar-refractivity contribution is 6.04. The van der Waals surface area contributed by atoms with Crippen LogP contribution < -0.4 is 10.6 Å². The van der Waals surface area contributed by atoms with Gasteiger partial charge in [-0.2, -0.15) is 0 Å². The summed E-state index contributed by atoms with van der Waals surface area (Å²) >= 11 is 0. The number of rotatable bonds is 8. The normalized spacial score (nSPS) is 17.1. The minimum absolute atomic E-state index is 0.240. The number of carbonyl (C=O) groups excluding carboxylic acids is 3. The first-order chi connectivity index (χ1) is 17.3. The lowest BCUT2D eigenvalue weighted by Crippen LogP contribution is -2.47. The molecule has 1 heterocycles. The highest BCUT2D eigenvalue weighted by atomic mass is 16.6. The van der Waals surface area contributed by atoms with Crippen LogP contribution in [0.2, 0.25) is 0 Å². The standard InChI is InChI=1S/C29H31N3O4/c1-19(2)17-30-28(34)25-26(36-29(35)32(25)18-21-10-5-4-6-11-21)22-12-8-14-24(16-22)31-27(33)23-13-7-9-20(3)15-23/h4-16,19,25-26H,17-18H2,1-3H3,(H,30,34)(H,31,33)/t25-,26-/m1/s1. The Balaban J connectivity index is 1.60. The molecule has 186 valence electrons. The number of cyclic esters (lactones) is 1. The van der Waals surface area contributed by atoms with Crippen molar-refractivity contribution in [2.24, 2.45) is 5.92 Å². The van der Waals surface area contributed by atoms with E-state index < -0.39 is 18.2 Å². The zero-order chi connectivity index (χ0) is 25.7. The van der Waals surface area contributed by atoms with Gasteiger partial charge in [0.15, 0.2) is 12.1 Å². The summed E-state index contributed by atoms with van der Waals surface area (Å²) in [6.45, 7) is 6.69. The minimum Gasteiger partial charge on any atom is -0.438 e. The molecule has 0 bridgehead atoms. The number of aryl methyl sites for hydroxylation is 1. The Labute approximate surface area is 211 Å². The molecule has 3 aromatic carbocycles. The van der Waals surface area contributed by atoms with E-state index in [-0.39, 0.29) is 24.3 Å². The van der Waals surface area contributed by atoms with Crippen molar-refractivity contribution in [3.63, 3.8) is 0 Å². The lowest BCUT2D eigenvalue weighted by molar-refractivity contribution is -0.126. The van der Waals surface area contributed by atoms with Gasteiger partial charge in [-0.3, -0.25) is 14.5 Å². The van der Waals surface area contributed by atoms with Crippen LogP contribution in [0.1, 0.15) is 47.0 Å². The van der Waals surface area contributed by atoms with Gasteiger partial charge in [0.25, 0.3) is 5.91 Å². The third-order valence-electron chi connectivity index (χ3n) is 5.99. The van der Waals surface area contributed by atoms with Crippen molar-refractivity contribution in [3.8, 4) is 0 Å². The summed E-state index contributed by atoms with van der Waals surface area (Å²) in [5, 5.41) is 5.85. The van der Waals surface area contributed by atoms with Crippen molar-refractivity contribution >= 4 is 23.6 Å². The fourth-order valence-corrected chi connectivity index (χ4v) is 4.18. The molecule has 0 unspecified atom stereocenters. The van der Waals surface area contributed by atoms with Crippen LogP contribution in [0.4, 0.5) is 10.5 Å². The third-order valence-corrected chi connectivity index (χ3v) is 5.99. The van der Waals surface area contributed by atoms with Crippen LogP contribution in [0.3, 0.4) is 0 Å². The number of hydrogen-bond acceptors (Lipinski definition) is 4. The summed E-state index contributed by atoms with van der Waals surface area (Å²) in [6, 6.07) is 23.1. The number of hydrogen-bond donors (Lipinski definition) is 2. The molecule has 3 aromatic rings. The van der Waals surface area contributed by atoms with E-state index in [4.69, 9.17) is 4.74 Å². The average Bonchev–Trinajstić information content (AvgIpc) is 3.19. The lowest BCUT2D eigenvalue weighted by Gasteiger charge is -2.25. The fraction of sp³-hybridized carbons (Fsp3) is 0.276. The Morgan fingerprint density at radius 2 is 1.72 bits per heavy atom. The van der Waals surface area contributed by atoms with E-state index >= 15 is 0 Å². The van der Waals surface area contributed by atoms with Crippen LogP contribution in [0.15, 0.2) is 78.9 Å². The second kappa shape index (κ2) is 11.1. The van der Waals surface area contributed by atoms with Crippen molar-refractivity contribution in [2.45, 2.75) is 39.5 Å². The molecular weight excluding hydrogens is 454 g/mol. The molecule has 3 amide bonds. The highest BCUT2D eigenvalue weighted by Gasteiger charge is 2.47. The number of ether oxygens (including phenoxy) is 1. The van der Waals surface area contributed by atoms with E-state index in [0.29, 0.717) is 23.4 Å². The monoisotopic (exact) mass is 485 g/mol. The van der Waals surface area contributed by atoms with Gasteiger partial charge in [0.05, 0.1) is 6.54 Å². The molecule has 0 aliphatic carbocycles. The quantitative estimate of drug-likeness (QED) is 0.466. The first-order valence-electron chi connectivity index (χ1n) is 12.1. The molecule has 1 fully saturated rings. The van der Waals surface area contributed by atoms with Crippen molar-refractivity contribution < 1.29 is 19.1 Å². The molecular formula is C29H31N3O4. The van der Waals surface area contributed by atoms with Gasteiger partial charge in [0.2, 0.25) is 5.91 Å². The molecule has 7 nitrogen and oxygen atoms in total. The number of anilines is 1. The first kappa shape index (κ1) is 25.0. The number of carbonyl (C=O) groups is 3. The van der Waals surface area contributed by atoms with Gasteiger partial charge < -0.3 is 15.4 Å². The summed E-state index contributed by atoms with van der Waals surface area (Å²) < 4.78 is 5.75. The Hall–Kier alpha value is -4.13. The molecule has 1 saturated heterocycles. The topological polar surface area (TPSA) is 87.7 Å². The number of nitrogens with one attached hydrogen (secondary N) is 2. The zero-order valence-electron chi connectivity index (χ0n) is 20.7. The second-order valence-electron chi connectivity index (χ2n) is 9.45. The van der Waals surface area contributed by atoms with Crippen LogP contribution in [-0.2, 0) is 16.1 Å². The zero-order valence-corrected chi connectivity index (χ0v) is 20.7. The molecule has 0 saturated carbocycles. The van der Waals surface area contributed by atoms with Crippen LogP contribution in [-0.4, -0.2) is 35.4 Å². The third kappa shape index (κ3) is 5.92. The number of nitrogens with zero attached hydrogens (tertiary/aromatic N) is 1. The van der Waals surface area contributed by atoms with E-state index in [1.807, 2.05) is 69.3 Å². The van der Waals surface area contributed by atoms with Gasteiger partial charge in [-0.1, -0.05) is 74.0 Å². The molecule has 2 N–H and O–H groups in total. The van der Waals surface area contributed by atoms with Gasteiger partial charge in [-0.25, -0.2) is 4.79 Å². The maximum atomic E-state index is 13.3. The van der Waals surface area contributed by atoms with Gasteiger partial charge in [0, 0.05) is 17.8 Å². The maximum absolute atomic E-state index is 13.3. The number of benzene rings is 3. The van der Waals surface area contributed by atoms with Crippen molar-refractivity contribution in [1.82, 2.24) is 10.2 Å². The van der Waals surface area contributed by atoms with E-state index in [1.54, 1.807) is 30.3 Å². The summed E-state index contributed by atoms with van der Waals surface area (Å²) in [5.74, 6) is -0.256. The van der Waals surface area contributed by atoms with Crippen molar-refractivity contribution in [3.05, 3.63) is 101 Å². The summed E-state index contributed by atoms with van der Waals surface area (Å²) in [6.07, 6.45) is -1.37. The summed E-state index contributed by atoms with van der Waals surface area (Å²) in [7, 11) is 0. The lowest BCUT2D eigenvalue weighted by atomic mass is 9.99. The summed E-state index contributed by atoms with van der Waals surface area (Å²) in [4.78, 5) is 40.5. The Morgan fingerprint density at radius 3 is 2.44 bits per heavy atom. The minimum atomic E-state index is -0.848. The van der Waals surface area contributed by atoms with Gasteiger partial charge in [-0.15, -0.1) is 0 Å². The molecule has 0 radical (unpaired) electrons. The molecule has 36 heavy (non-hydrogen) atoms. The van der Waals surface area contributed by atoms with E-state index in [1.165, 1.54) is 4.90 Å². The van der Waals surface area contributed by atoms with Gasteiger partial charge >= 0.3 is 6.09 Å². The molecule has 1 aliphatic rings. The smallest absolute Gasteiger partial charge is 0.411 e. The van der Waals surface area contributed by atoms with E-state index in [9.17, 15) is 14.4 Å². The fourth-order valence-electron chi connectivity index (χ4n) is 4.18. The first-order valence-corrected chi connectivity index (χ1v) is 12.1. The van der Waals surface area contributed by atoms with E-state index in [0.717, 1.165) is 11.1 Å². The van der Waals surface area contributed by atoms with Crippen molar-refractivity contribution in [2.75, 3.05) is 11.9 Å². The Bertz CT molecular complexity index is 1240. The van der Waals surface area contributed by atoms with Gasteiger partial charge in [0.1, 0.15) is 0 Å². The predicted octanol–water partition coefficient (Wildman–Crippen LogP) is 5.08. The Kier molecular flexibility index (Phi) is 7.68. The maximum Gasteiger partial charge on any atom is 0.411 e. The van der Waals surface area contributed by atoms with Crippen molar-refractivity contribution in [1.29, 1.82) is 0 Å². The summed E-state index contributed by atoms with van der Waals surface area (Å²) in [5.41, 5.74) is 3.62. The average molecular weight is 486 g/mol.